The summed E-state index contributed by atoms with van der Waals surface area (Å²) in [7, 11) is -1.94. The minimum Gasteiger partial charge on any atom is -0.425 e. The number of hydrogen-bond acceptors (Lipinski definition) is 11. The van der Waals surface area contributed by atoms with E-state index in [1.807, 2.05) is 19.1 Å². The molecule has 39 heavy (non-hydrogen) atoms. The average molecular weight is 575 g/mol. The van der Waals surface area contributed by atoms with Gasteiger partial charge >= 0.3 is 7.60 Å². The second-order valence-corrected chi connectivity index (χ2v) is 12.9. The topological polar surface area (TPSA) is 179 Å². The molecule has 11 atom stereocenters. The Balaban J connectivity index is 1.38. The molecule has 2 saturated heterocycles. The molecule has 13 heteroatoms. The predicted molar refractivity (Wildman–Crippen MR) is 141 cm³/mol. The van der Waals surface area contributed by atoms with Gasteiger partial charge in [-0.2, -0.15) is 0 Å². The van der Waals surface area contributed by atoms with Crippen molar-refractivity contribution in [2.24, 2.45) is 5.92 Å². The van der Waals surface area contributed by atoms with Crippen LogP contribution in [-0.2, 0) is 25.2 Å². The number of ether oxygens (including phenoxy) is 3. The quantitative estimate of drug-likeness (QED) is 0.148. The van der Waals surface area contributed by atoms with Crippen LogP contribution in [0.1, 0.15) is 38.7 Å². The summed E-state index contributed by atoms with van der Waals surface area (Å²) in [5.74, 6) is -2.36. The fraction of sp³-hybridized carbons (Fsp3) is 0.769. The van der Waals surface area contributed by atoms with Gasteiger partial charge in [0.25, 0.3) is 0 Å². The molecule has 0 radical (unpaired) electrons. The number of fused-ring (bicyclic) bond motifs is 2. The van der Waals surface area contributed by atoms with Gasteiger partial charge in [-0.1, -0.05) is 19.1 Å². The zero-order valence-electron chi connectivity index (χ0n) is 22.9. The maximum Gasteiger partial charge on any atom is 0.373 e. The van der Waals surface area contributed by atoms with Gasteiger partial charge in [0.15, 0.2) is 0 Å². The first-order chi connectivity index (χ1) is 18.3. The van der Waals surface area contributed by atoms with Crippen LogP contribution in [-0.4, -0.2) is 106 Å². The molecule has 2 aliphatic heterocycles. The summed E-state index contributed by atoms with van der Waals surface area (Å²) in [6.45, 7) is 5.30. The van der Waals surface area contributed by atoms with Crippen LogP contribution >= 0.6 is 7.60 Å². The number of likely N-dealkylation sites (N-methyl/N-ethyl adjacent to an activating group) is 1. The smallest absolute Gasteiger partial charge is 0.373 e. The molecule has 0 aromatic heterocycles. The number of aryl methyl sites for hydroxylation is 1. The van der Waals surface area contributed by atoms with E-state index >= 15 is 0 Å². The van der Waals surface area contributed by atoms with Gasteiger partial charge in [-0.25, -0.2) is 4.57 Å². The molecule has 0 amide bonds. The number of nitrogens with one attached hydrogen (secondary N) is 2. The Morgan fingerprint density at radius 3 is 2.44 bits per heavy atom. The molecule has 4 rings (SSSR count). The summed E-state index contributed by atoms with van der Waals surface area (Å²) in [6, 6.07) is 6.30. The third-order valence-corrected chi connectivity index (χ3v) is 8.61. The van der Waals surface area contributed by atoms with Crippen LogP contribution in [0.4, 0.5) is 0 Å². The molecule has 3 aliphatic rings. The zero-order valence-corrected chi connectivity index (χ0v) is 23.8. The molecule has 0 bridgehead atoms. The highest BCUT2D eigenvalue weighted by atomic mass is 31.2. The lowest BCUT2D eigenvalue weighted by molar-refractivity contribution is -0.483. The summed E-state index contributed by atoms with van der Waals surface area (Å²) in [5, 5.41) is 51.5. The zero-order chi connectivity index (χ0) is 28.6. The molecule has 7 N–H and O–H groups in total. The van der Waals surface area contributed by atoms with E-state index in [4.69, 9.17) is 18.7 Å². The Bertz CT molecular complexity index is 1010. The van der Waals surface area contributed by atoms with Crippen LogP contribution in [0.2, 0.25) is 0 Å². The van der Waals surface area contributed by atoms with Crippen molar-refractivity contribution in [2.75, 3.05) is 26.8 Å². The third-order valence-electron chi connectivity index (χ3n) is 8.06. The van der Waals surface area contributed by atoms with Gasteiger partial charge in [-0.15, -0.1) is 0 Å². The van der Waals surface area contributed by atoms with Crippen molar-refractivity contribution < 1.29 is 48.6 Å². The van der Waals surface area contributed by atoms with Crippen LogP contribution in [0, 0.1) is 5.92 Å². The van der Waals surface area contributed by atoms with Crippen LogP contribution in [0.3, 0.4) is 0 Å². The maximum absolute atomic E-state index is 11.7. The number of benzene rings is 1. The van der Waals surface area contributed by atoms with Gasteiger partial charge < -0.3 is 54.7 Å². The van der Waals surface area contributed by atoms with E-state index in [2.05, 4.69) is 10.6 Å². The lowest BCUT2D eigenvalue weighted by Crippen LogP contribution is -2.80. The van der Waals surface area contributed by atoms with Gasteiger partial charge in [-0.3, -0.25) is 0 Å². The predicted octanol–water partition coefficient (Wildman–Crippen LogP) is 0.0910. The molecule has 222 valence electrons. The van der Waals surface area contributed by atoms with Gasteiger partial charge in [0.2, 0.25) is 12.1 Å². The van der Waals surface area contributed by atoms with E-state index in [0.717, 1.165) is 18.6 Å². The number of aliphatic hydroxyl groups excluding tert-OH is 2. The van der Waals surface area contributed by atoms with Crippen molar-refractivity contribution in [3.8, 4) is 5.75 Å². The fourth-order valence-electron chi connectivity index (χ4n) is 6.08. The Morgan fingerprint density at radius 1 is 1.13 bits per heavy atom. The van der Waals surface area contributed by atoms with Gasteiger partial charge in [0.1, 0.15) is 23.6 Å². The Kier molecular flexibility index (Phi) is 9.47. The van der Waals surface area contributed by atoms with E-state index in [0.29, 0.717) is 25.1 Å². The minimum atomic E-state index is -3.61. The molecule has 2 heterocycles. The summed E-state index contributed by atoms with van der Waals surface area (Å²) in [6.07, 6.45) is -3.50. The van der Waals surface area contributed by atoms with Gasteiger partial charge in [0, 0.05) is 25.5 Å². The standard InChI is InChI=1S/C26H43N2O10P/c1-5-18-20(29)19(27-3)22-23(21(18)30)36-24-26(32,37-22)25(31,13-15(2)35-24)14-28-12-6-7-16-8-10-17(11-9-16)38-39(4,33)34/h8-11,15,18-24,27-32H,5-7,12-14H2,1-4H3,(H,33,34)/t15-,18-,19+,20+,21+,22-,23-,24+,25-,26-/m1/s1. The molecule has 12 nitrogen and oxygen atoms in total. The molecule has 3 fully saturated rings. The first-order valence-electron chi connectivity index (χ1n) is 13.6. The first kappa shape index (κ1) is 30.8. The molecule has 1 saturated carbocycles. The Hall–Kier alpha value is -1.15. The largest absolute Gasteiger partial charge is 0.425 e. The summed E-state index contributed by atoms with van der Waals surface area (Å²) in [5.41, 5.74) is -0.758. The van der Waals surface area contributed by atoms with Crippen molar-refractivity contribution in [1.82, 2.24) is 10.6 Å². The van der Waals surface area contributed by atoms with Crippen LogP contribution in [0.15, 0.2) is 24.3 Å². The third kappa shape index (κ3) is 6.37. The first-order valence-corrected chi connectivity index (χ1v) is 15.6. The van der Waals surface area contributed by atoms with Crippen molar-refractivity contribution in [2.45, 2.75) is 93.8 Å². The van der Waals surface area contributed by atoms with Crippen molar-refractivity contribution in [1.29, 1.82) is 0 Å². The van der Waals surface area contributed by atoms with Crippen LogP contribution in [0.25, 0.3) is 0 Å². The normalized spacial score (nSPS) is 41.8. The number of rotatable bonds is 10. The fourth-order valence-corrected chi connectivity index (χ4v) is 6.59. The molecule has 1 aromatic rings. The van der Waals surface area contributed by atoms with E-state index in [9.17, 15) is 29.9 Å². The lowest BCUT2D eigenvalue weighted by Gasteiger charge is -2.60. The monoisotopic (exact) mass is 574 g/mol. The SMILES string of the molecule is CC[C@@H]1[C@H](O)[C@H](NC)[C@H]2O[C@]3(O)[C@H](O[C@@H]2[C@H]1O)O[C@H](C)C[C@@]3(O)CNCCCc1ccc(OP(C)(=O)O)cc1. The highest BCUT2D eigenvalue weighted by molar-refractivity contribution is 7.52. The van der Waals surface area contributed by atoms with Crippen LogP contribution in [0.5, 0.6) is 5.75 Å². The van der Waals surface area contributed by atoms with E-state index in [-0.39, 0.29) is 13.0 Å². The van der Waals surface area contributed by atoms with Crippen LogP contribution < -0.4 is 15.2 Å². The van der Waals surface area contributed by atoms with E-state index < -0.39 is 67.8 Å². The molecule has 1 unspecified atom stereocenters. The van der Waals surface area contributed by atoms with E-state index in [1.165, 1.54) is 0 Å². The summed E-state index contributed by atoms with van der Waals surface area (Å²) < 4.78 is 34.5. The average Bonchev–Trinajstić information content (AvgIpc) is 2.85. The maximum atomic E-state index is 11.7. The minimum absolute atomic E-state index is 0.00355. The number of aliphatic hydroxyl groups is 4. The second-order valence-electron chi connectivity index (χ2n) is 11.1. The molecule has 1 aliphatic carbocycles. The Morgan fingerprint density at radius 2 is 1.82 bits per heavy atom. The van der Waals surface area contributed by atoms with Gasteiger partial charge in [-0.05, 0) is 57.5 Å². The second kappa shape index (κ2) is 12.0. The lowest BCUT2D eigenvalue weighted by atomic mass is 9.74. The highest BCUT2D eigenvalue weighted by Crippen LogP contribution is 2.47. The van der Waals surface area contributed by atoms with Crippen molar-refractivity contribution in [3.05, 3.63) is 29.8 Å². The Labute approximate surface area is 229 Å². The highest BCUT2D eigenvalue weighted by Gasteiger charge is 2.68. The molecular formula is C26H43N2O10P. The van der Waals surface area contributed by atoms with E-state index in [1.54, 1.807) is 26.1 Å². The van der Waals surface area contributed by atoms with Gasteiger partial charge in [0.05, 0.1) is 24.4 Å². The molecule has 1 aromatic carbocycles. The number of hydrogen-bond donors (Lipinski definition) is 7. The molecular weight excluding hydrogens is 531 g/mol. The summed E-state index contributed by atoms with van der Waals surface area (Å²) in [4.78, 5) is 9.34. The van der Waals surface area contributed by atoms with Crippen molar-refractivity contribution >= 4 is 7.60 Å². The molecule has 0 spiro atoms. The van der Waals surface area contributed by atoms with Crippen molar-refractivity contribution in [3.63, 3.8) is 0 Å². The summed E-state index contributed by atoms with van der Waals surface area (Å²) >= 11 is 0.